The minimum Gasteiger partial charge on any atom is -0.498 e. The van der Waals surface area contributed by atoms with E-state index in [-0.39, 0.29) is 155 Å². The van der Waals surface area contributed by atoms with Gasteiger partial charge in [-0.1, -0.05) is 0 Å². The first-order valence-electron chi connectivity index (χ1n) is 0.729. The van der Waals surface area contributed by atoms with Crippen LogP contribution in [0.25, 0.3) is 0 Å². The molecule has 0 fully saturated rings. The molecule has 0 bridgehead atoms. The van der Waals surface area contributed by atoms with Crippen molar-refractivity contribution in [3.05, 3.63) is 0 Å². The molecule has 2 radical (unpaired) electrons. The van der Waals surface area contributed by atoms with Crippen molar-refractivity contribution >= 4 is 167 Å². The maximum absolute atomic E-state index is 8.93. The van der Waals surface area contributed by atoms with Crippen molar-refractivity contribution in [1.29, 1.82) is 0 Å². The van der Waals surface area contributed by atoms with Gasteiger partial charge in [0.15, 0.2) is 23.0 Å². The smallest absolute Gasteiger partial charge is 0.498 e. The quantitative estimate of drug-likeness (QED) is 0.165. The average Bonchev–Trinajstić information content (AvgIpc) is 1.41. The standard InChI is InChI=1S/CIO3.2Cs.Cu/c2-5-4-1-3;;;/q-1;;;+1. The summed E-state index contributed by atoms with van der Waals surface area (Å²) in [6.07, 6.45) is 0. The van der Waals surface area contributed by atoms with Crippen LogP contribution < -0.4 is 0 Å². The van der Waals surface area contributed by atoms with Gasteiger partial charge < -0.3 is 9.68 Å². The Morgan fingerprint density at radius 2 is 1.75 bits per heavy atom. The molecule has 0 N–H and O–H groups in total. The van der Waals surface area contributed by atoms with Crippen molar-refractivity contribution in [2.75, 3.05) is 0 Å². The summed E-state index contributed by atoms with van der Waals surface area (Å²) in [6.45, 7) is 1.04. The molecule has 0 aliphatic rings. The van der Waals surface area contributed by atoms with E-state index in [0.717, 1.165) is 6.47 Å². The molecule has 0 aromatic carbocycles. The van der Waals surface area contributed by atoms with E-state index in [9.17, 15) is 0 Å². The van der Waals surface area contributed by atoms with Crippen molar-refractivity contribution in [1.82, 2.24) is 0 Å². The molecular formula is CCs2CuIO3. The molecule has 8 heavy (non-hydrogen) atoms. The SMILES string of the molecule is O=[C-]OOI.[Cs].[Cs].[Cu+]. The summed E-state index contributed by atoms with van der Waals surface area (Å²) in [5.74, 6) is 0. The second kappa shape index (κ2) is 22.6. The van der Waals surface area contributed by atoms with Gasteiger partial charge in [-0.2, -0.15) is 3.22 Å². The first-order chi connectivity index (χ1) is 2.41. The molecule has 0 atom stereocenters. The topological polar surface area (TPSA) is 35.5 Å². The summed E-state index contributed by atoms with van der Waals surface area (Å²) < 4.78 is 3.74. The Hall–Kier alpha value is 4.78. The first-order valence-corrected chi connectivity index (χ1v) is 1.61. The molecule has 3 nitrogen and oxygen atoms in total. The maximum Gasteiger partial charge on any atom is 1.00 e. The van der Waals surface area contributed by atoms with Gasteiger partial charge in [-0.05, 0) is 6.47 Å². The Labute approximate surface area is 190 Å². The zero-order valence-electron chi connectivity index (χ0n) is 4.40. The molecule has 0 spiro atoms. The Morgan fingerprint density at radius 1 is 1.38 bits per heavy atom. The molecule has 0 amide bonds. The summed E-state index contributed by atoms with van der Waals surface area (Å²) >= 11 is 1.40. The fraction of sp³-hybridized carbons (Fsp3) is 0. The Kier molecular flexibility index (Phi) is 65.0. The molecule has 0 aromatic heterocycles. The first kappa shape index (κ1) is 23.0. The van der Waals surface area contributed by atoms with E-state index in [0.29, 0.717) is 0 Å². The van der Waals surface area contributed by atoms with Gasteiger partial charge in [-0.15, -0.1) is 0 Å². The molecular weight excluding hydrogens is 516 g/mol. The molecule has 0 unspecified atom stereocenters. The number of hydrogen-bond donors (Lipinski definition) is 0. The van der Waals surface area contributed by atoms with Gasteiger partial charge in [0.2, 0.25) is 0 Å². The minimum absolute atomic E-state index is 0. The molecule has 0 rings (SSSR count). The van der Waals surface area contributed by atoms with Gasteiger partial charge in [-0.25, -0.2) is 0 Å². The third-order valence-corrected chi connectivity index (χ3v) is 0.245. The molecule has 0 saturated heterocycles. The molecule has 0 aliphatic heterocycles. The van der Waals surface area contributed by atoms with Gasteiger partial charge in [0, 0.05) is 138 Å². The van der Waals surface area contributed by atoms with E-state index in [4.69, 9.17) is 4.79 Å². The van der Waals surface area contributed by atoms with Gasteiger partial charge >= 0.3 is 17.1 Å². The number of halogens is 1. The van der Waals surface area contributed by atoms with E-state index in [1.54, 1.807) is 0 Å². The Morgan fingerprint density at radius 3 is 1.75 bits per heavy atom. The van der Waals surface area contributed by atoms with Crippen LogP contribution in [0.15, 0.2) is 0 Å². The fourth-order valence-electron chi connectivity index (χ4n) is 0.0129. The van der Waals surface area contributed by atoms with Crippen molar-refractivity contribution in [3.63, 3.8) is 0 Å². The second-order valence-electron chi connectivity index (χ2n) is 0.230. The van der Waals surface area contributed by atoms with Gasteiger partial charge in [-0.3, -0.25) is 0 Å². The third-order valence-electron chi connectivity index (χ3n) is 0.0655. The third kappa shape index (κ3) is 22.4. The maximum atomic E-state index is 8.93. The van der Waals surface area contributed by atoms with Crippen molar-refractivity contribution in [2.45, 2.75) is 0 Å². The van der Waals surface area contributed by atoms with Crippen molar-refractivity contribution in [3.8, 4) is 0 Å². The minimum atomic E-state index is 0. The second-order valence-corrected chi connectivity index (χ2v) is 0.589. The summed E-state index contributed by atoms with van der Waals surface area (Å²) in [4.78, 5) is 12.4. The van der Waals surface area contributed by atoms with E-state index < -0.39 is 0 Å². The monoisotopic (exact) mass is 516 g/mol. The number of carbonyl (C=O) groups excluding carboxylic acids is 1. The van der Waals surface area contributed by atoms with Crippen molar-refractivity contribution in [2.24, 2.45) is 0 Å². The number of hydrogen-bond acceptors (Lipinski definition) is 3. The van der Waals surface area contributed by atoms with Crippen LogP contribution >= 0.6 is 23.0 Å². The van der Waals surface area contributed by atoms with Crippen LogP contribution in [0.2, 0.25) is 0 Å². The normalized spacial score (nSPS) is 4.12. The van der Waals surface area contributed by atoms with E-state index >= 15 is 0 Å². The number of rotatable bonds is 2. The predicted octanol–water partition coefficient (Wildman–Crippen LogP) is -0.412. The predicted molar refractivity (Wildman–Crippen MR) is 33.4 cm³/mol. The summed E-state index contributed by atoms with van der Waals surface area (Å²) in [6, 6.07) is 0. The summed E-state index contributed by atoms with van der Waals surface area (Å²) in [7, 11) is 0. The van der Waals surface area contributed by atoms with Crippen LogP contribution in [0.1, 0.15) is 0 Å². The van der Waals surface area contributed by atoms with E-state index in [1.165, 1.54) is 23.0 Å². The largest absolute Gasteiger partial charge is 1.00 e. The molecule has 0 aromatic rings. The van der Waals surface area contributed by atoms with Crippen LogP contribution in [0.4, 0.5) is 0 Å². The van der Waals surface area contributed by atoms with Crippen LogP contribution in [-0.4, -0.2) is 144 Å². The van der Waals surface area contributed by atoms with Crippen LogP contribution in [0.5, 0.6) is 0 Å². The molecule has 0 heterocycles. The van der Waals surface area contributed by atoms with Crippen LogP contribution in [0, 0.1) is 0 Å². The van der Waals surface area contributed by atoms with Crippen molar-refractivity contribution < 1.29 is 30.0 Å². The van der Waals surface area contributed by atoms with Crippen LogP contribution in [0.3, 0.4) is 0 Å². The van der Waals surface area contributed by atoms with Gasteiger partial charge in [0.25, 0.3) is 0 Å². The summed E-state index contributed by atoms with van der Waals surface area (Å²) in [5.41, 5.74) is 0. The van der Waals surface area contributed by atoms with E-state index in [1.807, 2.05) is 0 Å². The van der Waals surface area contributed by atoms with Gasteiger partial charge in [0.1, 0.15) is 0 Å². The zero-order valence-corrected chi connectivity index (χ0v) is 20.1. The molecule has 7 heteroatoms. The van der Waals surface area contributed by atoms with Gasteiger partial charge in [0.05, 0.1) is 0 Å². The Bertz CT molecular complexity index is 38.5. The van der Waals surface area contributed by atoms with Crippen LogP contribution in [-0.2, 0) is 30.0 Å². The Balaban J connectivity index is -0.0000000267. The molecule has 0 aliphatic carbocycles. The zero-order chi connectivity index (χ0) is 4.12. The summed E-state index contributed by atoms with van der Waals surface area (Å²) in [5, 5.41) is 0. The average molecular weight is 516 g/mol. The molecule has 42 valence electrons. The molecule has 0 saturated carbocycles. The van der Waals surface area contributed by atoms with E-state index in [2.05, 4.69) is 8.10 Å². The fourth-order valence-corrected chi connectivity index (χ4v) is 0.0863.